The fourth-order valence-corrected chi connectivity index (χ4v) is 3.81. The highest BCUT2D eigenvalue weighted by Crippen LogP contribution is 2.40. The number of amides is 1. The van der Waals surface area contributed by atoms with E-state index in [9.17, 15) is 14.7 Å². The highest BCUT2D eigenvalue weighted by molar-refractivity contribution is 5.96. The average molecular weight is 399 g/mol. The molecule has 3 rings (SSSR count). The number of hydrogen-bond acceptors (Lipinski definition) is 5. The smallest absolute Gasteiger partial charge is 0.305 e. The highest BCUT2D eigenvalue weighted by atomic mass is 16.5. The molecule has 2 aromatic rings. The van der Waals surface area contributed by atoms with Crippen molar-refractivity contribution in [1.29, 1.82) is 0 Å². The van der Waals surface area contributed by atoms with Crippen LogP contribution in [0.2, 0.25) is 0 Å². The third-order valence-corrected chi connectivity index (χ3v) is 5.30. The minimum Gasteiger partial charge on any atom is -0.497 e. The lowest BCUT2D eigenvalue weighted by Gasteiger charge is -2.37. The molecule has 1 unspecified atom stereocenters. The number of carboxylic acid groups (broad SMARTS) is 1. The average Bonchev–Trinajstić information content (AvgIpc) is 2.71. The van der Waals surface area contributed by atoms with Gasteiger partial charge < -0.3 is 24.2 Å². The van der Waals surface area contributed by atoms with Gasteiger partial charge in [0.15, 0.2) is 11.5 Å². The van der Waals surface area contributed by atoms with E-state index in [2.05, 4.69) is 0 Å². The van der Waals surface area contributed by atoms with E-state index >= 15 is 0 Å². The second-order valence-electron chi connectivity index (χ2n) is 6.95. The Kier molecular flexibility index (Phi) is 5.96. The second kappa shape index (κ2) is 8.43. The minimum absolute atomic E-state index is 0.191. The molecule has 0 fully saturated rings. The van der Waals surface area contributed by atoms with Gasteiger partial charge in [0.05, 0.1) is 33.8 Å². The van der Waals surface area contributed by atoms with E-state index in [1.54, 1.807) is 43.4 Å². The normalized spacial score (nSPS) is 15.4. The van der Waals surface area contributed by atoms with Crippen LogP contribution in [-0.4, -0.2) is 49.8 Å². The van der Waals surface area contributed by atoms with Crippen LogP contribution in [0.15, 0.2) is 30.3 Å². The number of rotatable bonds is 6. The summed E-state index contributed by atoms with van der Waals surface area (Å²) in [6.45, 7) is 2.26. The van der Waals surface area contributed by atoms with Crippen molar-refractivity contribution in [3.8, 4) is 17.2 Å². The van der Waals surface area contributed by atoms with E-state index in [1.165, 1.54) is 7.11 Å². The van der Waals surface area contributed by atoms with Crippen LogP contribution in [0.1, 0.15) is 39.5 Å². The molecule has 1 aliphatic heterocycles. The molecule has 0 saturated carbocycles. The largest absolute Gasteiger partial charge is 0.497 e. The summed E-state index contributed by atoms with van der Waals surface area (Å²) in [4.78, 5) is 26.6. The zero-order valence-electron chi connectivity index (χ0n) is 17.0. The molecule has 0 spiro atoms. The molecule has 0 aliphatic carbocycles. The van der Waals surface area contributed by atoms with Crippen LogP contribution in [-0.2, 0) is 11.2 Å². The lowest BCUT2D eigenvalue weighted by atomic mass is 9.89. The standard InChI is InChI=1S/C22H25NO6/c1-13-9-15(27-2)5-6-16(13)22(26)23-8-7-14-10-19(28-3)20(29-4)11-17(14)18(23)12-21(24)25/h5-6,9-11,18H,7-8,12H2,1-4H3,(H,24,25). The summed E-state index contributed by atoms with van der Waals surface area (Å²) >= 11 is 0. The van der Waals surface area contributed by atoms with E-state index in [-0.39, 0.29) is 12.3 Å². The molecular weight excluding hydrogens is 374 g/mol. The molecule has 7 nitrogen and oxygen atoms in total. The summed E-state index contributed by atoms with van der Waals surface area (Å²) in [7, 11) is 4.66. The van der Waals surface area contributed by atoms with Crippen molar-refractivity contribution in [3.63, 3.8) is 0 Å². The van der Waals surface area contributed by atoms with Crippen LogP contribution in [0, 0.1) is 6.92 Å². The molecule has 1 atom stereocenters. The van der Waals surface area contributed by atoms with Gasteiger partial charge in [0, 0.05) is 12.1 Å². The first-order chi connectivity index (χ1) is 13.9. The van der Waals surface area contributed by atoms with Crippen molar-refractivity contribution in [2.45, 2.75) is 25.8 Å². The van der Waals surface area contributed by atoms with Crippen molar-refractivity contribution < 1.29 is 28.9 Å². The predicted octanol–water partition coefficient (Wildman–Crippen LogP) is 3.24. The fraction of sp³-hybridized carbons (Fsp3) is 0.364. The first-order valence-electron chi connectivity index (χ1n) is 9.31. The topological polar surface area (TPSA) is 85.3 Å². The summed E-state index contributed by atoms with van der Waals surface area (Å²) in [5, 5.41) is 9.50. The quantitative estimate of drug-likeness (QED) is 0.803. The first kappa shape index (κ1) is 20.5. The molecule has 7 heteroatoms. The van der Waals surface area contributed by atoms with Gasteiger partial charge in [0.25, 0.3) is 5.91 Å². The van der Waals surface area contributed by atoms with Gasteiger partial charge in [-0.15, -0.1) is 0 Å². The molecule has 154 valence electrons. The molecule has 1 amide bonds. The maximum Gasteiger partial charge on any atom is 0.305 e. The Labute approximate surface area is 169 Å². The van der Waals surface area contributed by atoms with E-state index < -0.39 is 12.0 Å². The molecule has 0 bridgehead atoms. The van der Waals surface area contributed by atoms with E-state index in [1.807, 2.05) is 13.0 Å². The van der Waals surface area contributed by atoms with Gasteiger partial charge in [-0.1, -0.05) is 0 Å². The van der Waals surface area contributed by atoms with Crippen LogP contribution >= 0.6 is 0 Å². The van der Waals surface area contributed by atoms with Gasteiger partial charge in [0.2, 0.25) is 0 Å². The minimum atomic E-state index is -0.970. The Morgan fingerprint density at radius 3 is 2.34 bits per heavy atom. The lowest BCUT2D eigenvalue weighted by Crippen LogP contribution is -2.41. The van der Waals surface area contributed by atoms with Crippen molar-refractivity contribution in [2.24, 2.45) is 0 Å². The van der Waals surface area contributed by atoms with Crippen molar-refractivity contribution >= 4 is 11.9 Å². The number of aryl methyl sites for hydroxylation is 1. The van der Waals surface area contributed by atoms with E-state index in [0.717, 1.165) is 16.7 Å². The Hall–Kier alpha value is -3.22. The van der Waals surface area contributed by atoms with Gasteiger partial charge in [-0.3, -0.25) is 9.59 Å². The van der Waals surface area contributed by atoms with Crippen LogP contribution < -0.4 is 14.2 Å². The zero-order chi connectivity index (χ0) is 21.1. The number of methoxy groups -OCH3 is 3. The summed E-state index contributed by atoms with van der Waals surface area (Å²) < 4.78 is 16.0. The number of carbonyl (C=O) groups is 2. The predicted molar refractivity (Wildman–Crippen MR) is 107 cm³/mol. The molecule has 29 heavy (non-hydrogen) atoms. The first-order valence-corrected chi connectivity index (χ1v) is 9.31. The maximum absolute atomic E-state index is 13.3. The van der Waals surface area contributed by atoms with Crippen molar-refractivity contribution in [1.82, 2.24) is 4.90 Å². The molecule has 1 N–H and O–H groups in total. The second-order valence-corrected chi connectivity index (χ2v) is 6.95. The van der Waals surface area contributed by atoms with Gasteiger partial charge in [-0.2, -0.15) is 0 Å². The third-order valence-electron chi connectivity index (χ3n) is 5.30. The summed E-state index contributed by atoms with van der Waals surface area (Å²) in [6.07, 6.45) is 0.413. The van der Waals surface area contributed by atoms with E-state index in [0.29, 0.717) is 35.8 Å². The summed E-state index contributed by atoms with van der Waals surface area (Å²) in [6, 6.07) is 8.30. The number of carboxylic acids is 1. The number of ether oxygens (including phenoxy) is 3. The number of aliphatic carboxylic acids is 1. The SMILES string of the molecule is COc1ccc(C(=O)N2CCc3cc(OC)c(OC)cc3C2CC(=O)O)c(C)c1. The molecule has 0 radical (unpaired) electrons. The van der Waals surface area contributed by atoms with Crippen LogP contribution in [0.5, 0.6) is 17.2 Å². The molecule has 2 aromatic carbocycles. The molecule has 0 saturated heterocycles. The Bertz CT molecular complexity index is 939. The number of nitrogens with zero attached hydrogens (tertiary/aromatic N) is 1. The Morgan fingerprint density at radius 2 is 1.76 bits per heavy atom. The fourth-order valence-electron chi connectivity index (χ4n) is 3.81. The molecule has 1 heterocycles. The Balaban J connectivity index is 2.04. The number of carbonyl (C=O) groups excluding carboxylic acids is 1. The highest BCUT2D eigenvalue weighted by Gasteiger charge is 2.34. The van der Waals surface area contributed by atoms with Crippen LogP contribution in [0.25, 0.3) is 0 Å². The van der Waals surface area contributed by atoms with Gasteiger partial charge in [-0.05, 0) is 60.4 Å². The van der Waals surface area contributed by atoms with Crippen molar-refractivity contribution in [3.05, 3.63) is 52.6 Å². The maximum atomic E-state index is 13.3. The van der Waals surface area contributed by atoms with E-state index in [4.69, 9.17) is 14.2 Å². The summed E-state index contributed by atoms with van der Waals surface area (Å²) in [5.41, 5.74) is 3.05. The number of hydrogen-bond donors (Lipinski definition) is 1. The van der Waals surface area contributed by atoms with Gasteiger partial charge >= 0.3 is 5.97 Å². The van der Waals surface area contributed by atoms with Crippen LogP contribution in [0.3, 0.4) is 0 Å². The Morgan fingerprint density at radius 1 is 1.07 bits per heavy atom. The van der Waals surface area contributed by atoms with Crippen LogP contribution in [0.4, 0.5) is 0 Å². The summed E-state index contributed by atoms with van der Waals surface area (Å²) in [5.74, 6) is 0.600. The third kappa shape index (κ3) is 3.99. The van der Waals surface area contributed by atoms with Gasteiger partial charge in [-0.25, -0.2) is 0 Å². The lowest BCUT2D eigenvalue weighted by molar-refractivity contribution is -0.138. The van der Waals surface area contributed by atoms with Crippen molar-refractivity contribution in [2.75, 3.05) is 27.9 Å². The zero-order valence-corrected chi connectivity index (χ0v) is 17.0. The number of fused-ring (bicyclic) bond motifs is 1. The monoisotopic (exact) mass is 399 g/mol. The molecule has 1 aliphatic rings. The molecule has 0 aromatic heterocycles. The number of benzene rings is 2. The molecular formula is C22H25NO6. The van der Waals surface area contributed by atoms with Gasteiger partial charge in [0.1, 0.15) is 5.75 Å².